The zero-order chi connectivity index (χ0) is 20.5. The van der Waals surface area contributed by atoms with Crippen molar-refractivity contribution in [2.45, 2.75) is 27.2 Å². The normalized spacial score (nSPS) is 18.1. The highest BCUT2D eigenvalue weighted by Gasteiger charge is 2.38. The molecule has 1 atom stereocenters. The summed E-state index contributed by atoms with van der Waals surface area (Å²) in [4.78, 5) is 29.5. The van der Waals surface area contributed by atoms with Gasteiger partial charge in [-0.2, -0.15) is 0 Å². The summed E-state index contributed by atoms with van der Waals surface area (Å²) in [5.74, 6) is 0.912. The van der Waals surface area contributed by atoms with E-state index in [1.165, 1.54) is 0 Å². The van der Waals surface area contributed by atoms with Gasteiger partial charge in [0.1, 0.15) is 13.2 Å². The molecule has 1 unspecified atom stereocenters. The quantitative estimate of drug-likeness (QED) is 0.797. The number of benzene rings is 2. The Morgan fingerprint density at radius 3 is 2.62 bits per heavy atom. The maximum Gasteiger partial charge on any atom is 0.232 e. The van der Waals surface area contributed by atoms with Gasteiger partial charge in [-0.15, -0.1) is 0 Å². The van der Waals surface area contributed by atoms with Gasteiger partial charge in [-0.25, -0.2) is 0 Å². The number of carbonyl (C=O) groups excluding carboxylic acids is 2. The van der Waals surface area contributed by atoms with Gasteiger partial charge in [0.05, 0.1) is 5.92 Å². The summed E-state index contributed by atoms with van der Waals surface area (Å²) in [6.07, 6.45) is 0.217. The molecule has 0 N–H and O–H groups in total. The van der Waals surface area contributed by atoms with E-state index in [1.807, 2.05) is 57.2 Å². The smallest absolute Gasteiger partial charge is 0.232 e. The van der Waals surface area contributed by atoms with E-state index in [1.54, 1.807) is 9.80 Å². The Bertz CT molecular complexity index is 956. The maximum atomic E-state index is 13.3. The van der Waals surface area contributed by atoms with Gasteiger partial charge in [-0.3, -0.25) is 9.59 Å². The summed E-state index contributed by atoms with van der Waals surface area (Å²) in [6, 6.07) is 11.6. The van der Waals surface area contributed by atoms with E-state index in [2.05, 4.69) is 0 Å². The molecule has 1 saturated heterocycles. The summed E-state index contributed by atoms with van der Waals surface area (Å²) >= 11 is 0. The molecule has 2 aromatic rings. The monoisotopic (exact) mass is 394 g/mol. The van der Waals surface area contributed by atoms with E-state index in [9.17, 15) is 9.59 Å². The Morgan fingerprint density at radius 2 is 1.86 bits per heavy atom. The van der Waals surface area contributed by atoms with Crippen molar-refractivity contribution in [3.05, 3.63) is 47.5 Å². The molecule has 2 heterocycles. The fraction of sp³-hybridized carbons (Fsp3) is 0.391. The molecule has 0 bridgehead atoms. The van der Waals surface area contributed by atoms with Gasteiger partial charge >= 0.3 is 0 Å². The molecule has 0 radical (unpaired) electrons. The van der Waals surface area contributed by atoms with Crippen molar-refractivity contribution in [2.24, 2.45) is 5.92 Å². The molecular formula is C23H26N2O4. The Hall–Kier alpha value is -3.02. The van der Waals surface area contributed by atoms with E-state index < -0.39 is 0 Å². The molecule has 0 saturated carbocycles. The second-order valence-electron chi connectivity index (χ2n) is 7.61. The second-order valence-corrected chi connectivity index (χ2v) is 7.61. The van der Waals surface area contributed by atoms with Crippen LogP contribution in [0.5, 0.6) is 11.5 Å². The van der Waals surface area contributed by atoms with Crippen LogP contribution in [0.3, 0.4) is 0 Å². The number of hydrogen-bond donors (Lipinski definition) is 0. The molecule has 2 amide bonds. The molecule has 0 aliphatic carbocycles. The molecule has 1 fully saturated rings. The van der Waals surface area contributed by atoms with Crippen LogP contribution in [0.1, 0.15) is 24.5 Å². The molecule has 4 rings (SSSR count). The first-order valence-electron chi connectivity index (χ1n) is 10.1. The summed E-state index contributed by atoms with van der Waals surface area (Å²) in [7, 11) is 0. The molecule has 0 aromatic heterocycles. The van der Waals surface area contributed by atoms with E-state index >= 15 is 0 Å². The van der Waals surface area contributed by atoms with Crippen LogP contribution in [0, 0.1) is 19.8 Å². The number of rotatable bonds is 4. The first kappa shape index (κ1) is 19.3. The number of anilines is 2. The Labute approximate surface area is 171 Å². The zero-order valence-corrected chi connectivity index (χ0v) is 17.1. The number of nitrogens with zero attached hydrogens (tertiary/aromatic N) is 2. The number of ether oxygens (including phenoxy) is 2. The van der Waals surface area contributed by atoms with E-state index in [0.717, 1.165) is 22.5 Å². The van der Waals surface area contributed by atoms with Gasteiger partial charge < -0.3 is 19.3 Å². The van der Waals surface area contributed by atoms with E-state index in [-0.39, 0.29) is 24.2 Å². The van der Waals surface area contributed by atoms with Gasteiger partial charge in [0.15, 0.2) is 11.5 Å². The summed E-state index contributed by atoms with van der Waals surface area (Å²) in [5, 5.41) is 0. The van der Waals surface area contributed by atoms with E-state index in [0.29, 0.717) is 37.8 Å². The van der Waals surface area contributed by atoms with Gasteiger partial charge in [0.25, 0.3) is 0 Å². The summed E-state index contributed by atoms with van der Waals surface area (Å²) in [5.41, 5.74) is 3.82. The van der Waals surface area contributed by atoms with Gasteiger partial charge in [-0.1, -0.05) is 12.1 Å². The number of amides is 2. The number of fused-ring (bicyclic) bond motifs is 1. The molecular weight excluding hydrogens is 368 g/mol. The van der Waals surface area contributed by atoms with Crippen LogP contribution in [-0.4, -0.2) is 38.1 Å². The van der Waals surface area contributed by atoms with Crippen LogP contribution in [-0.2, 0) is 9.59 Å². The Kier molecular flexibility index (Phi) is 5.18. The fourth-order valence-corrected chi connectivity index (χ4v) is 4.00. The molecule has 6 heteroatoms. The third-order valence-electron chi connectivity index (χ3n) is 5.55. The number of carbonyl (C=O) groups is 2. The highest BCUT2D eigenvalue weighted by Crippen LogP contribution is 2.36. The minimum atomic E-state index is -0.365. The van der Waals surface area contributed by atoms with Gasteiger partial charge in [-0.05, 0) is 50.1 Å². The second kappa shape index (κ2) is 7.78. The van der Waals surface area contributed by atoms with Gasteiger partial charge in [0.2, 0.25) is 11.8 Å². The first-order chi connectivity index (χ1) is 14.0. The van der Waals surface area contributed by atoms with Crippen molar-refractivity contribution >= 4 is 23.2 Å². The standard InChI is InChI=1S/C23H26N2O4/c1-4-24(19-11-15(2)5-6-16(19)3)23(27)17-12-22(26)25(14-17)18-7-8-20-21(13-18)29-10-9-28-20/h5-8,11,13,17H,4,9-10,12,14H2,1-3H3. The molecule has 2 aliphatic heterocycles. The van der Waals surface area contributed by atoms with Crippen LogP contribution in [0.4, 0.5) is 11.4 Å². The van der Waals surface area contributed by atoms with Crippen molar-refractivity contribution in [3.63, 3.8) is 0 Å². The van der Waals surface area contributed by atoms with Crippen LogP contribution >= 0.6 is 0 Å². The van der Waals surface area contributed by atoms with Gasteiger partial charge in [0, 0.05) is 37.0 Å². The topological polar surface area (TPSA) is 59.1 Å². The van der Waals surface area contributed by atoms with Crippen LogP contribution in [0.25, 0.3) is 0 Å². The van der Waals surface area contributed by atoms with E-state index in [4.69, 9.17) is 9.47 Å². The molecule has 0 spiro atoms. The lowest BCUT2D eigenvalue weighted by molar-refractivity contribution is -0.124. The summed E-state index contributed by atoms with van der Waals surface area (Å²) < 4.78 is 11.2. The minimum absolute atomic E-state index is 0.00501. The Morgan fingerprint density at radius 1 is 1.10 bits per heavy atom. The molecule has 6 nitrogen and oxygen atoms in total. The molecule has 2 aromatic carbocycles. The molecule has 29 heavy (non-hydrogen) atoms. The lowest BCUT2D eigenvalue weighted by atomic mass is 10.0. The zero-order valence-electron chi connectivity index (χ0n) is 17.1. The lowest BCUT2D eigenvalue weighted by Gasteiger charge is -2.26. The third kappa shape index (κ3) is 3.67. The molecule has 2 aliphatic rings. The number of aryl methyl sites for hydroxylation is 2. The molecule has 152 valence electrons. The fourth-order valence-electron chi connectivity index (χ4n) is 4.00. The summed E-state index contributed by atoms with van der Waals surface area (Å²) in [6.45, 7) is 7.95. The van der Waals surface area contributed by atoms with Crippen molar-refractivity contribution in [1.29, 1.82) is 0 Å². The highest BCUT2D eigenvalue weighted by molar-refractivity contribution is 6.04. The van der Waals surface area contributed by atoms with Crippen LogP contribution in [0.2, 0.25) is 0 Å². The lowest BCUT2D eigenvalue weighted by Crippen LogP contribution is -2.38. The SMILES string of the molecule is CCN(C(=O)C1CC(=O)N(c2ccc3c(c2)OCCO3)C1)c1cc(C)ccc1C. The first-order valence-corrected chi connectivity index (χ1v) is 10.1. The van der Waals surface area contributed by atoms with Crippen LogP contribution < -0.4 is 19.3 Å². The predicted octanol–water partition coefficient (Wildman–Crippen LogP) is 3.48. The number of hydrogen-bond acceptors (Lipinski definition) is 4. The van der Waals surface area contributed by atoms with Crippen molar-refractivity contribution in [1.82, 2.24) is 0 Å². The average Bonchev–Trinajstić information content (AvgIpc) is 3.12. The minimum Gasteiger partial charge on any atom is -0.486 e. The highest BCUT2D eigenvalue weighted by atomic mass is 16.6. The largest absolute Gasteiger partial charge is 0.486 e. The average molecular weight is 394 g/mol. The Balaban J connectivity index is 1.55. The third-order valence-corrected chi connectivity index (χ3v) is 5.55. The van der Waals surface area contributed by atoms with Crippen molar-refractivity contribution in [2.75, 3.05) is 36.1 Å². The van der Waals surface area contributed by atoms with Crippen molar-refractivity contribution < 1.29 is 19.1 Å². The van der Waals surface area contributed by atoms with Crippen molar-refractivity contribution in [3.8, 4) is 11.5 Å². The predicted molar refractivity (Wildman–Crippen MR) is 112 cm³/mol. The van der Waals surface area contributed by atoms with Crippen LogP contribution in [0.15, 0.2) is 36.4 Å². The maximum absolute atomic E-state index is 13.3.